The summed E-state index contributed by atoms with van der Waals surface area (Å²) in [6.07, 6.45) is -3.73. The second-order valence-corrected chi connectivity index (χ2v) is 5.81. The number of hydrogen-bond donors (Lipinski definition) is 1. The lowest BCUT2D eigenvalue weighted by Crippen LogP contribution is -2.13. The van der Waals surface area contributed by atoms with Crippen LogP contribution in [0.5, 0.6) is 0 Å². The van der Waals surface area contributed by atoms with Crippen LogP contribution in [0.25, 0.3) is 5.57 Å². The van der Waals surface area contributed by atoms with Gasteiger partial charge in [0.25, 0.3) is 0 Å². The zero-order valence-electron chi connectivity index (χ0n) is 13.6. The van der Waals surface area contributed by atoms with Crippen LogP contribution in [-0.2, 0) is 6.18 Å². The Morgan fingerprint density at radius 1 is 1.08 bits per heavy atom. The van der Waals surface area contributed by atoms with Crippen molar-refractivity contribution in [3.05, 3.63) is 77.4 Å². The van der Waals surface area contributed by atoms with Crippen molar-refractivity contribution in [3.63, 3.8) is 0 Å². The molecule has 0 radical (unpaired) electrons. The van der Waals surface area contributed by atoms with Crippen molar-refractivity contribution < 1.29 is 18.3 Å². The average molecular weight is 335 g/mol. The first-order valence-corrected chi connectivity index (χ1v) is 7.54. The number of nitrogens with zero attached hydrogens (tertiary/aromatic N) is 1. The van der Waals surface area contributed by atoms with Crippen molar-refractivity contribution in [1.82, 2.24) is 4.90 Å². The summed E-state index contributed by atoms with van der Waals surface area (Å²) in [5.41, 5.74) is 0.825. The van der Waals surface area contributed by atoms with Gasteiger partial charge < -0.3 is 10.0 Å². The summed E-state index contributed by atoms with van der Waals surface area (Å²) in [5, 5.41) is 10.7. The molecule has 128 valence electrons. The Labute approximate surface area is 139 Å². The molecular formula is C19H20F3NO. The first-order chi connectivity index (χ1) is 11.3. The number of alkyl halides is 3. The normalized spacial score (nSPS) is 14.0. The van der Waals surface area contributed by atoms with Crippen LogP contribution in [-0.4, -0.2) is 30.6 Å². The molecule has 1 unspecified atom stereocenters. The molecule has 2 aromatic carbocycles. The maximum absolute atomic E-state index is 12.9. The predicted octanol–water partition coefficient (Wildman–Crippen LogP) is 4.38. The molecule has 0 fully saturated rings. The maximum atomic E-state index is 12.9. The van der Waals surface area contributed by atoms with E-state index in [0.717, 1.165) is 17.7 Å². The second kappa shape index (κ2) is 7.64. The van der Waals surface area contributed by atoms with Gasteiger partial charge in [0.2, 0.25) is 0 Å². The van der Waals surface area contributed by atoms with Crippen molar-refractivity contribution in [2.75, 3.05) is 20.6 Å². The molecule has 0 heterocycles. The highest BCUT2D eigenvalue weighted by molar-refractivity contribution is 5.70. The van der Waals surface area contributed by atoms with Gasteiger partial charge in [-0.1, -0.05) is 48.5 Å². The molecule has 0 spiro atoms. The van der Waals surface area contributed by atoms with E-state index in [0.29, 0.717) is 12.1 Å². The highest BCUT2D eigenvalue weighted by Gasteiger charge is 2.31. The monoisotopic (exact) mass is 335 g/mol. The third-order valence-electron chi connectivity index (χ3n) is 3.61. The summed E-state index contributed by atoms with van der Waals surface area (Å²) in [7, 11) is 3.77. The zero-order valence-corrected chi connectivity index (χ0v) is 13.6. The van der Waals surface area contributed by atoms with Crippen molar-refractivity contribution >= 4 is 5.57 Å². The largest absolute Gasteiger partial charge is 0.416 e. The Kier molecular flexibility index (Phi) is 5.80. The van der Waals surface area contributed by atoms with Gasteiger partial charge in [-0.2, -0.15) is 13.2 Å². The average Bonchev–Trinajstić information content (AvgIpc) is 2.55. The van der Waals surface area contributed by atoms with Crippen molar-refractivity contribution in [2.45, 2.75) is 12.3 Å². The molecule has 0 aliphatic heterocycles. The van der Waals surface area contributed by atoms with Crippen LogP contribution in [0.2, 0.25) is 0 Å². The smallest absolute Gasteiger partial charge is 0.384 e. The molecule has 2 nitrogen and oxygen atoms in total. The lowest BCUT2D eigenvalue weighted by molar-refractivity contribution is -0.137. The Morgan fingerprint density at radius 3 is 2.33 bits per heavy atom. The SMILES string of the molecule is CN(C)CC=C(c1ccccc1)C(O)c1cccc(C(F)(F)F)c1. The minimum atomic E-state index is -4.43. The fourth-order valence-electron chi connectivity index (χ4n) is 2.36. The molecule has 0 amide bonds. The summed E-state index contributed by atoms with van der Waals surface area (Å²) in [6, 6.07) is 14.0. The number of benzene rings is 2. The van der Waals surface area contributed by atoms with Crippen LogP contribution in [0.3, 0.4) is 0 Å². The van der Waals surface area contributed by atoms with Gasteiger partial charge in [-0.3, -0.25) is 0 Å². The molecule has 0 bridgehead atoms. The molecule has 2 rings (SSSR count). The lowest BCUT2D eigenvalue weighted by atomic mass is 9.93. The van der Waals surface area contributed by atoms with Crippen LogP contribution < -0.4 is 0 Å². The third kappa shape index (κ3) is 4.69. The summed E-state index contributed by atoms with van der Waals surface area (Å²) < 4.78 is 38.7. The fourth-order valence-corrected chi connectivity index (χ4v) is 2.36. The molecule has 0 aliphatic rings. The maximum Gasteiger partial charge on any atom is 0.416 e. The zero-order chi connectivity index (χ0) is 17.7. The number of hydrogen-bond acceptors (Lipinski definition) is 2. The Hall–Kier alpha value is -2.11. The molecule has 0 aromatic heterocycles. The molecule has 0 saturated carbocycles. The standard InChI is InChI=1S/C19H20F3NO/c1-23(2)12-11-17(14-7-4-3-5-8-14)18(24)15-9-6-10-16(13-15)19(20,21)22/h3-11,13,18,24H,12H2,1-2H3. The van der Waals surface area contributed by atoms with Crippen LogP contribution in [0.4, 0.5) is 13.2 Å². The van der Waals surface area contributed by atoms with E-state index in [-0.39, 0.29) is 5.56 Å². The van der Waals surface area contributed by atoms with Gasteiger partial charge in [-0.15, -0.1) is 0 Å². The van der Waals surface area contributed by atoms with Gasteiger partial charge in [0.05, 0.1) is 5.56 Å². The summed E-state index contributed by atoms with van der Waals surface area (Å²) in [4.78, 5) is 1.92. The van der Waals surface area contributed by atoms with E-state index in [2.05, 4.69) is 0 Å². The molecule has 0 saturated heterocycles. The summed E-state index contributed by atoms with van der Waals surface area (Å²) >= 11 is 0. The molecule has 0 aliphatic carbocycles. The van der Waals surface area contributed by atoms with E-state index in [9.17, 15) is 18.3 Å². The van der Waals surface area contributed by atoms with Crippen molar-refractivity contribution in [3.8, 4) is 0 Å². The quantitative estimate of drug-likeness (QED) is 0.876. The molecule has 1 atom stereocenters. The lowest BCUT2D eigenvalue weighted by Gasteiger charge is -2.19. The van der Waals surface area contributed by atoms with Crippen LogP contribution in [0, 0.1) is 0 Å². The van der Waals surface area contributed by atoms with Gasteiger partial charge in [-0.25, -0.2) is 0 Å². The highest BCUT2D eigenvalue weighted by Crippen LogP contribution is 2.34. The number of halogens is 3. The van der Waals surface area contributed by atoms with Gasteiger partial charge in [-0.05, 0) is 42.9 Å². The third-order valence-corrected chi connectivity index (χ3v) is 3.61. The molecule has 24 heavy (non-hydrogen) atoms. The second-order valence-electron chi connectivity index (χ2n) is 5.81. The van der Waals surface area contributed by atoms with E-state index in [4.69, 9.17) is 0 Å². The van der Waals surface area contributed by atoms with Gasteiger partial charge in [0.15, 0.2) is 0 Å². The molecule has 5 heteroatoms. The Balaban J connectivity index is 2.41. The highest BCUT2D eigenvalue weighted by atomic mass is 19.4. The van der Waals surface area contributed by atoms with E-state index >= 15 is 0 Å². The van der Waals surface area contributed by atoms with E-state index in [1.54, 1.807) is 0 Å². The molecule has 2 aromatic rings. The summed E-state index contributed by atoms with van der Waals surface area (Å²) in [5.74, 6) is 0. The van der Waals surface area contributed by atoms with Crippen molar-refractivity contribution in [2.24, 2.45) is 0 Å². The van der Waals surface area contributed by atoms with E-state index in [1.165, 1.54) is 12.1 Å². The van der Waals surface area contributed by atoms with Crippen LogP contribution >= 0.6 is 0 Å². The molecular weight excluding hydrogens is 315 g/mol. The van der Waals surface area contributed by atoms with E-state index < -0.39 is 17.8 Å². The fraction of sp³-hybridized carbons (Fsp3) is 0.263. The van der Waals surface area contributed by atoms with E-state index in [1.807, 2.05) is 55.4 Å². The Bertz CT molecular complexity index is 693. The van der Waals surface area contributed by atoms with Crippen LogP contribution in [0.1, 0.15) is 22.8 Å². The van der Waals surface area contributed by atoms with Gasteiger partial charge in [0.1, 0.15) is 6.10 Å². The number of likely N-dealkylation sites (N-methyl/N-ethyl adjacent to an activating group) is 1. The number of rotatable bonds is 5. The first kappa shape index (κ1) is 18.2. The minimum Gasteiger partial charge on any atom is -0.384 e. The van der Waals surface area contributed by atoms with Gasteiger partial charge >= 0.3 is 6.18 Å². The molecule has 1 N–H and O–H groups in total. The van der Waals surface area contributed by atoms with Crippen molar-refractivity contribution in [1.29, 1.82) is 0 Å². The number of aliphatic hydroxyl groups excluding tert-OH is 1. The number of aliphatic hydroxyl groups is 1. The first-order valence-electron chi connectivity index (χ1n) is 7.54. The minimum absolute atomic E-state index is 0.221. The summed E-state index contributed by atoms with van der Waals surface area (Å²) in [6.45, 7) is 0.570. The Morgan fingerprint density at radius 2 is 1.75 bits per heavy atom. The van der Waals surface area contributed by atoms with Crippen LogP contribution in [0.15, 0.2) is 60.7 Å². The van der Waals surface area contributed by atoms with Gasteiger partial charge in [0, 0.05) is 6.54 Å². The predicted molar refractivity (Wildman–Crippen MR) is 89.4 cm³/mol. The topological polar surface area (TPSA) is 23.5 Å².